The Morgan fingerprint density at radius 3 is 2.36 bits per heavy atom. The lowest BCUT2D eigenvalue weighted by molar-refractivity contribution is -0.0726. The molecule has 0 amide bonds. The molecule has 1 aromatic carbocycles. The molecule has 0 heterocycles. The number of ether oxygens (including phenoxy) is 1. The summed E-state index contributed by atoms with van der Waals surface area (Å²) < 4.78 is 12.4. The normalized spacial score (nSPS) is 22.5. The van der Waals surface area contributed by atoms with Gasteiger partial charge < -0.3 is 9.16 Å². The second-order valence-corrected chi connectivity index (χ2v) is 13.2. The summed E-state index contributed by atoms with van der Waals surface area (Å²) in [5, 5.41) is 1.09. The average Bonchev–Trinajstić information content (AvgIpc) is 2.34. The number of rotatable bonds is 5. The largest absolute Gasteiger partial charge is 0.414 e. The Bertz CT molecular complexity index is 516. The quantitative estimate of drug-likeness (QED) is 0.638. The lowest BCUT2D eigenvalue weighted by Gasteiger charge is -2.44. The molecule has 4 heteroatoms. The van der Waals surface area contributed by atoms with E-state index in [1.807, 2.05) is 19.1 Å². The van der Waals surface area contributed by atoms with Crippen molar-refractivity contribution in [2.24, 2.45) is 0 Å². The number of hydrogen-bond donors (Lipinski definition) is 0. The predicted molar refractivity (Wildman–Crippen MR) is 96.1 cm³/mol. The molecule has 124 valence electrons. The van der Waals surface area contributed by atoms with Crippen molar-refractivity contribution in [3.05, 3.63) is 34.3 Å². The van der Waals surface area contributed by atoms with E-state index in [0.29, 0.717) is 18.8 Å². The second-order valence-electron chi connectivity index (χ2n) is 7.99. The Morgan fingerprint density at radius 2 is 1.82 bits per heavy atom. The minimum absolute atomic E-state index is 0.275. The smallest absolute Gasteiger partial charge is 0.192 e. The van der Waals surface area contributed by atoms with Gasteiger partial charge in [0.2, 0.25) is 0 Å². The van der Waals surface area contributed by atoms with Crippen molar-refractivity contribution >= 4 is 19.9 Å². The fourth-order valence-electron chi connectivity index (χ4n) is 2.28. The molecule has 0 atom stereocenters. The van der Waals surface area contributed by atoms with Crippen molar-refractivity contribution in [2.45, 2.75) is 77.5 Å². The molecule has 0 spiro atoms. The van der Waals surface area contributed by atoms with Crippen LogP contribution in [-0.2, 0) is 15.8 Å². The van der Waals surface area contributed by atoms with E-state index in [1.54, 1.807) is 0 Å². The predicted octanol–water partition coefficient (Wildman–Crippen LogP) is 5.72. The zero-order chi connectivity index (χ0) is 16.5. The van der Waals surface area contributed by atoms with Gasteiger partial charge >= 0.3 is 0 Å². The summed E-state index contributed by atoms with van der Waals surface area (Å²) in [6, 6.07) is 6.13. The van der Waals surface area contributed by atoms with Crippen LogP contribution in [0.3, 0.4) is 0 Å². The van der Waals surface area contributed by atoms with E-state index in [4.69, 9.17) is 20.8 Å². The van der Waals surface area contributed by atoms with Crippen LogP contribution in [0.2, 0.25) is 23.2 Å². The maximum absolute atomic E-state index is 6.39. The van der Waals surface area contributed by atoms with Gasteiger partial charge in [0.15, 0.2) is 8.32 Å². The van der Waals surface area contributed by atoms with Crippen molar-refractivity contribution in [1.29, 1.82) is 0 Å². The average molecular weight is 341 g/mol. The van der Waals surface area contributed by atoms with Crippen LogP contribution >= 0.6 is 11.6 Å². The summed E-state index contributed by atoms with van der Waals surface area (Å²) in [5.74, 6) is 0. The lowest BCUT2D eigenvalue weighted by atomic mass is 9.92. The second kappa shape index (κ2) is 6.64. The van der Waals surface area contributed by atoms with Crippen LogP contribution in [0.15, 0.2) is 18.2 Å². The summed E-state index contributed by atoms with van der Waals surface area (Å²) in [7, 11) is -1.64. The van der Waals surface area contributed by atoms with Gasteiger partial charge in [-0.1, -0.05) is 44.5 Å². The third-order valence-corrected chi connectivity index (χ3v) is 9.98. The van der Waals surface area contributed by atoms with E-state index in [9.17, 15) is 0 Å². The molecule has 0 aromatic heterocycles. The first-order valence-corrected chi connectivity index (χ1v) is 11.4. The number of aryl methyl sites for hydroxylation is 1. The molecule has 1 saturated carbocycles. The zero-order valence-electron chi connectivity index (χ0n) is 14.7. The van der Waals surface area contributed by atoms with Crippen molar-refractivity contribution in [3.8, 4) is 0 Å². The van der Waals surface area contributed by atoms with E-state index >= 15 is 0 Å². The highest BCUT2D eigenvalue weighted by molar-refractivity contribution is 6.74. The summed E-state index contributed by atoms with van der Waals surface area (Å²) >= 11 is 6.14. The zero-order valence-corrected chi connectivity index (χ0v) is 16.5. The molecule has 0 aliphatic heterocycles. The van der Waals surface area contributed by atoms with E-state index < -0.39 is 8.32 Å². The first-order valence-electron chi connectivity index (χ1n) is 8.13. The fourth-order valence-corrected chi connectivity index (χ4v) is 3.87. The Kier molecular flexibility index (Phi) is 5.43. The van der Waals surface area contributed by atoms with Gasteiger partial charge in [-0.2, -0.15) is 0 Å². The summed E-state index contributed by atoms with van der Waals surface area (Å²) in [5.41, 5.74) is 2.25. The monoisotopic (exact) mass is 340 g/mol. The SMILES string of the molecule is Cc1ccc(COC2CC(O[Si](C)(C)C(C)(C)C)C2)cc1Cl. The van der Waals surface area contributed by atoms with Crippen molar-refractivity contribution in [2.75, 3.05) is 0 Å². The van der Waals surface area contributed by atoms with Gasteiger partial charge in [0, 0.05) is 11.1 Å². The highest BCUT2D eigenvalue weighted by atomic mass is 35.5. The molecule has 1 aliphatic rings. The minimum Gasteiger partial charge on any atom is -0.414 e. The molecular weight excluding hydrogens is 312 g/mol. The van der Waals surface area contributed by atoms with Crippen molar-refractivity contribution in [3.63, 3.8) is 0 Å². The van der Waals surface area contributed by atoms with Crippen LogP contribution in [-0.4, -0.2) is 20.5 Å². The standard InChI is InChI=1S/C18H29ClO2Si/c1-13-7-8-14(9-17(13)19)12-20-15-10-16(11-15)21-22(5,6)18(2,3)4/h7-9,15-16H,10-12H2,1-6H3. The molecule has 2 rings (SSSR count). The van der Waals surface area contributed by atoms with Gasteiger partial charge in [-0.25, -0.2) is 0 Å². The number of benzene rings is 1. The van der Waals surface area contributed by atoms with Crippen LogP contribution in [0.5, 0.6) is 0 Å². The first-order chi connectivity index (χ1) is 10.1. The molecule has 0 radical (unpaired) electrons. The van der Waals surface area contributed by atoms with Crippen molar-refractivity contribution in [1.82, 2.24) is 0 Å². The molecule has 1 aliphatic carbocycles. The molecule has 22 heavy (non-hydrogen) atoms. The maximum atomic E-state index is 6.39. The van der Waals surface area contributed by atoms with E-state index in [0.717, 1.165) is 29.0 Å². The Morgan fingerprint density at radius 1 is 1.18 bits per heavy atom. The summed E-state index contributed by atoms with van der Waals surface area (Å²) in [6.45, 7) is 14.1. The Labute approximate surface area is 141 Å². The third-order valence-electron chi connectivity index (χ3n) is 5.04. The summed E-state index contributed by atoms with van der Waals surface area (Å²) in [6.07, 6.45) is 2.75. The number of halogens is 1. The lowest BCUT2D eigenvalue weighted by Crippen LogP contribution is -2.49. The van der Waals surface area contributed by atoms with Crippen molar-refractivity contribution < 1.29 is 9.16 Å². The third kappa shape index (κ3) is 4.35. The molecule has 0 bridgehead atoms. The molecule has 2 nitrogen and oxygen atoms in total. The van der Waals surface area contributed by atoms with Gasteiger partial charge in [-0.3, -0.25) is 0 Å². The molecule has 1 fully saturated rings. The van der Waals surface area contributed by atoms with Gasteiger partial charge in [0.1, 0.15) is 0 Å². The Hall–Kier alpha value is -0.353. The molecule has 0 unspecified atom stereocenters. The number of hydrogen-bond acceptors (Lipinski definition) is 2. The van der Waals surface area contributed by atoms with Gasteiger partial charge in [0.25, 0.3) is 0 Å². The molecule has 0 N–H and O–H groups in total. The van der Waals surface area contributed by atoms with E-state index in [-0.39, 0.29) is 5.04 Å². The maximum Gasteiger partial charge on any atom is 0.192 e. The fraction of sp³-hybridized carbons (Fsp3) is 0.667. The van der Waals surface area contributed by atoms with Gasteiger partial charge in [-0.15, -0.1) is 0 Å². The minimum atomic E-state index is -1.64. The van der Waals surface area contributed by atoms with Crippen LogP contribution in [0, 0.1) is 6.92 Å². The van der Waals surface area contributed by atoms with Crippen LogP contribution in [0.4, 0.5) is 0 Å². The molecular formula is C18H29ClO2Si. The van der Waals surface area contributed by atoms with Crippen LogP contribution < -0.4 is 0 Å². The Balaban J connectivity index is 1.75. The van der Waals surface area contributed by atoms with Gasteiger partial charge in [-0.05, 0) is 55.1 Å². The van der Waals surface area contributed by atoms with Gasteiger partial charge in [0.05, 0.1) is 12.7 Å². The molecule has 1 aromatic rings. The topological polar surface area (TPSA) is 18.5 Å². The van der Waals surface area contributed by atoms with E-state index in [2.05, 4.69) is 39.9 Å². The highest BCUT2D eigenvalue weighted by Gasteiger charge is 2.42. The summed E-state index contributed by atoms with van der Waals surface area (Å²) in [4.78, 5) is 0. The molecule has 0 saturated heterocycles. The van der Waals surface area contributed by atoms with Crippen LogP contribution in [0.25, 0.3) is 0 Å². The van der Waals surface area contributed by atoms with E-state index in [1.165, 1.54) is 0 Å². The van der Waals surface area contributed by atoms with Crippen LogP contribution in [0.1, 0.15) is 44.7 Å². The highest BCUT2D eigenvalue weighted by Crippen LogP contribution is 2.40. The first kappa shape index (κ1) is 18.0.